The molecule has 1 aromatic heterocycles. The van der Waals surface area contributed by atoms with E-state index in [2.05, 4.69) is 46.2 Å². The fourth-order valence-corrected chi connectivity index (χ4v) is 4.41. The Morgan fingerprint density at radius 3 is 2.50 bits per heavy atom. The zero-order valence-electron chi connectivity index (χ0n) is 18.1. The highest BCUT2D eigenvalue weighted by Gasteiger charge is 2.22. The first-order valence-electron chi connectivity index (χ1n) is 10.6. The molecule has 0 N–H and O–H groups in total. The number of halogens is 1. The minimum Gasteiger partial charge on any atom is -0.352 e. The van der Waals surface area contributed by atoms with Crippen LogP contribution in [-0.4, -0.2) is 47.0 Å². The number of fused-ring (bicyclic) bond motifs is 1. The van der Waals surface area contributed by atoms with Gasteiger partial charge in [-0.1, -0.05) is 61.2 Å². The summed E-state index contributed by atoms with van der Waals surface area (Å²) in [6.07, 6.45) is 6.86. The molecule has 0 spiro atoms. The molecular formula is C26H25ClN4O. The minimum absolute atomic E-state index is 0.0398. The van der Waals surface area contributed by atoms with Crippen LogP contribution in [0.25, 0.3) is 22.6 Å². The van der Waals surface area contributed by atoms with E-state index in [0.29, 0.717) is 31.2 Å². The monoisotopic (exact) mass is 444 g/mol. The Labute approximate surface area is 192 Å². The summed E-state index contributed by atoms with van der Waals surface area (Å²) in [5.41, 5.74) is 2.66. The highest BCUT2D eigenvalue weighted by atomic mass is 35.5. The maximum absolute atomic E-state index is 11.9. The van der Waals surface area contributed by atoms with Crippen molar-refractivity contribution in [2.24, 2.45) is 0 Å². The summed E-state index contributed by atoms with van der Waals surface area (Å²) < 4.78 is 0. The van der Waals surface area contributed by atoms with Gasteiger partial charge in [0.2, 0.25) is 5.91 Å². The van der Waals surface area contributed by atoms with Crippen molar-refractivity contribution in [2.45, 2.75) is 6.92 Å². The molecule has 0 radical (unpaired) electrons. The van der Waals surface area contributed by atoms with Gasteiger partial charge in [-0.15, -0.1) is 0 Å². The van der Waals surface area contributed by atoms with Crippen molar-refractivity contribution in [3.05, 3.63) is 89.1 Å². The van der Waals surface area contributed by atoms with Crippen LogP contribution < -0.4 is 15.3 Å². The zero-order chi connectivity index (χ0) is 22.7. The lowest BCUT2D eigenvalue weighted by atomic mass is 10.00. The van der Waals surface area contributed by atoms with Gasteiger partial charge < -0.3 is 9.80 Å². The number of benzene rings is 2. The van der Waals surface area contributed by atoms with Crippen LogP contribution in [0.2, 0.25) is 5.02 Å². The van der Waals surface area contributed by atoms with E-state index in [4.69, 9.17) is 11.6 Å². The Bertz CT molecular complexity index is 1320. The molecule has 32 heavy (non-hydrogen) atoms. The summed E-state index contributed by atoms with van der Waals surface area (Å²) in [7, 11) is 0. The molecule has 0 aliphatic carbocycles. The third kappa shape index (κ3) is 4.04. The molecule has 1 aliphatic rings. The largest absolute Gasteiger partial charge is 0.352 e. The average molecular weight is 445 g/mol. The predicted molar refractivity (Wildman–Crippen MR) is 132 cm³/mol. The van der Waals surface area contributed by atoms with E-state index in [1.807, 2.05) is 37.3 Å². The molecule has 1 saturated heterocycles. The molecule has 2 heterocycles. The number of nitrogens with zero attached hydrogens (tertiary/aromatic N) is 4. The van der Waals surface area contributed by atoms with Crippen LogP contribution >= 0.6 is 11.6 Å². The number of anilines is 1. The third-order valence-electron chi connectivity index (χ3n) is 5.82. The van der Waals surface area contributed by atoms with Gasteiger partial charge in [0.25, 0.3) is 0 Å². The number of hydrogen-bond acceptors (Lipinski definition) is 4. The van der Waals surface area contributed by atoms with Gasteiger partial charge in [0.05, 0.1) is 5.52 Å². The molecule has 3 aromatic rings. The SMILES string of the molecule is C=CC(=O)N1CCN(c2ncnc3cc(/C(C=C)=c4\cccc\c4=C\C)c(Cl)cc23)CC1. The van der Waals surface area contributed by atoms with Crippen LogP contribution in [-0.2, 0) is 4.79 Å². The van der Waals surface area contributed by atoms with Crippen LogP contribution in [0.5, 0.6) is 0 Å². The van der Waals surface area contributed by atoms with Gasteiger partial charge in [0, 0.05) is 42.2 Å². The molecule has 1 aliphatic heterocycles. The number of piperazine rings is 1. The quantitative estimate of drug-likeness (QED) is 0.579. The third-order valence-corrected chi connectivity index (χ3v) is 6.14. The van der Waals surface area contributed by atoms with Gasteiger partial charge in [-0.25, -0.2) is 9.97 Å². The van der Waals surface area contributed by atoms with E-state index in [-0.39, 0.29) is 5.91 Å². The number of allylic oxidation sites excluding steroid dienone is 1. The van der Waals surface area contributed by atoms with Gasteiger partial charge in [-0.2, -0.15) is 0 Å². The highest BCUT2D eigenvalue weighted by molar-refractivity contribution is 6.33. The second-order valence-corrected chi connectivity index (χ2v) is 7.96. The molecule has 0 atom stereocenters. The molecule has 1 fully saturated rings. The van der Waals surface area contributed by atoms with E-state index in [0.717, 1.165) is 38.3 Å². The van der Waals surface area contributed by atoms with E-state index in [1.165, 1.54) is 6.08 Å². The number of amides is 1. The number of carbonyl (C=O) groups excluding carboxylic acids is 1. The van der Waals surface area contributed by atoms with E-state index < -0.39 is 0 Å². The van der Waals surface area contributed by atoms with Gasteiger partial charge in [-0.3, -0.25) is 4.79 Å². The molecule has 0 saturated carbocycles. The van der Waals surface area contributed by atoms with E-state index in [9.17, 15) is 4.79 Å². The Balaban J connectivity index is 1.79. The Morgan fingerprint density at radius 2 is 1.81 bits per heavy atom. The second-order valence-electron chi connectivity index (χ2n) is 7.56. The van der Waals surface area contributed by atoms with Crippen molar-refractivity contribution >= 4 is 45.9 Å². The summed E-state index contributed by atoms with van der Waals surface area (Å²) in [5.74, 6) is 0.790. The highest BCUT2D eigenvalue weighted by Crippen LogP contribution is 2.32. The van der Waals surface area contributed by atoms with Crippen molar-refractivity contribution in [3.8, 4) is 0 Å². The fourth-order valence-electron chi connectivity index (χ4n) is 4.15. The number of aromatic nitrogens is 2. The molecule has 4 rings (SSSR count). The molecule has 1 amide bonds. The summed E-state index contributed by atoms with van der Waals surface area (Å²) >= 11 is 6.80. The normalized spacial score (nSPS) is 15.6. The smallest absolute Gasteiger partial charge is 0.246 e. The van der Waals surface area contributed by atoms with Gasteiger partial charge in [-0.05, 0) is 41.1 Å². The number of hydrogen-bond donors (Lipinski definition) is 0. The Morgan fingerprint density at radius 1 is 1.06 bits per heavy atom. The topological polar surface area (TPSA) is 49.3 Å². The first-order valence-corrected chi connectivity index (χ1v) is 10.9. The number of rotatable bonds is 4. The molecule has 0 bridgehead atoms. The summed E-state index contributed by atoms with van der Waals surface area (Å²) in [6.45, 7) is 12.3. The van der Waals surface area contributed by atoms with E-state index >= 15 is 0 Å². The second kappa shape index (κ2) is 9.37. The van der Waals surface area contributed by atoms with Crippen LogP contribution in [0.3, 0.4) is 0 Å². The van der Waals surface area contributed by atoms with Crippen molar-refractivity contribution < 1.29 is 4.79 Å². The average Bonchev–Trinajstić information content (AvgIpc) is 2.84. The molecule has 6 heteroatoms. The zero-order valence-corrected chi connectivity index (χ0v) is 18.8. The lowest BCUT2D eigenvalue weighted by Crippen LogP contribution is -2.48. The molecular weight excluding hydrogens is 420 g/mol. The summed E-state index contributed by atoms with van der Waals surface area (Å²) in [6, 6.07) is 12.1. The Hall–Kier alpha value is -3.44. The lowest BCUT2D eigenvalue weighted by molar-refractivity contribution is -0.126. The fraction of sp³-hybridized carbons (Fsp3) is 0.192. The van der Waals surface area contributed by atoms with Crippen LogP contribution in [0.1, 0.15) is 12.5 Å². The van der Waals surface area contributed by atoms with Crippen LogP contribution in [0, 0.1) is 0 Å². The molecule has 2 aromatic carbocycles. The minimum atomic E-state index is -0.0398. The molecule has 5 nitrogen and oxygen atoms in total. The van der Waals surface area contributed by atoms with Crippen LogP contribution in [0.15, 0.2) is 68.0 Å². The van der Waals surface area contributed by atoms with Gasteiger partial charge >= 0.3 is 0 Å². The molecule has 162 valence electrons. The summed E-state index contributed by atoms with van der Waals surface area (Å²) in [4.78, 5) is 24.9. The molecule has 0 unspecified atom stereocenters. The van der Waals surface area contributed by atoms with Crippen molar-refractivity contribution in [2.75, 3.05) is 31.1 Å². The van der Waals surface area contributed by atoms with Gasteiger partial charge in [0.1, 0.15) is 12.1 Å². The van der Waals surface area contributed by atoms with E-state index in [1.54, 1.807) is 11.2 Å². The first-order chi connectivity index (χ1) is 15.6. The summed E-state index contributed by atoms with van der Waals surface area (Å²) in [5, 5.41) is 3.70. The lowest BCUT2D eigenvalue weighted by Gasteiger charge is -2.35. The maximum atomic E-state index is 11.9. The Kier molecular flexibility index (Phi) is 6.37. The maximum Gasteiger partial charge on any atom is 0.246 e. The number of carbonyl (C=O) groups is 1. The van der Waals surface area contributed by atoms with Crippen molar-refractivity contribution in [3.63, 3.8) is 0 Å². The van der Waals surface area contributed by atoms with Crippen molar-refractivity contribution in [1.29, 1.82) is 0 Å². The standard InChI is InChI=1S/C26H25ClN4O/c1-4-18-9-7-8-10-20(18)19(5-2)21-16-24-22(15-23(21)27)26(29-17-28-24)31-13-11-30(12-14-31)25(32)6-3/h4-10,15-17H,2-3,11-14H2,1H3/b18-4-,20-19+. The van der Waals surface area contributed by atoms with Gasteiger partial charge in [0.15, 0.2) is 0 Å². The van der Waals surface area contributed by atoms with Crippen LogP contribution in [0.4, 0.5) is 5.82 Å². The van der Waals surface area contributed by atoms with Crippen molar-refractivity contribution in [1.82, 2.24) is 14.9 Å². The first kappa shape index (κ1) is 21.8. The predicted octanol–water partition coefficient (Wildman–Crippen LogP) is 3.30.